The van der Waals surface area contributed by atoms with Gasteiger partial charge in [0.25, 0.3) is 5.91 Å². The van der Waals surface area contributed by atoms with E-state index < -0.39 is 11.9 Å². The highest BCUT2D eigenvalue weighted by atomic mass is 79.9. The Kier molecular flexibility index (Phi) is 6.05. The van der Waals surface area contributed by atoms with Crippen LogP contribution in [0.15, 0.2) is 40.9 Å². The SMILES string of the molecule is NC(=O)COc1ccc(Br)cc1CNc1ccc(C(=O)O)c(Cl)c1. The van der Waals surface area contributed by atoms with Crippen LogP contribution in [0.25, 0.3) is 0 Å². The van der Waals surface area contributed by atoms with Gasteiger partial charge in [0.05, 0.1) is 10.6 Å². The Bertz CT molecular complexity index is 783. The molecule has 0 aromatic heterocycles. The predicted octanol–water partition coefficient (Wildman–Crippen LogP) is 3.28. The van der Waals surface area contributed by atoms with E-state index in [9.17, 15) is 9.59 Å². The average Bonchev–Trinajstić information content (AvgIpc) is 2.51. The van der Waals surface area contributed by atoms with Crippen LogP contribution in [0.4, 0.5) is 5.69 Å². The molecule has 2 rings (SSSR count). The fourth-order valence-electron chi connectivity index (χ4n) is 1.97. The molecule has 1 amide bonds. The third-order valence-electron chi connectivity index (χ3n) is 3.07. The fraction of sp³-hybridized carbons (Fsp3) is 0.125. The Morgan fingerprint density at radius 2 is 2.00 bits per heavy atom. The minimum atomic E-state index is -1.08. The van der Waals surface area contributed by atoms with Crippen LogP contribution in [0, 0.1) is 0 Å². The van der Waals surface area contributed by atoms with Gasteiger partial charge < -0.3 is 20.9 Å². The number of carboxylic acids is 1. The second-order valence-corrected chi connectivity index (χ2v) is 6.18. The summed E-state index contributed by atoms with van der Waals surface area (Å²) in [5.41, 5.74) is 6.58. The van der Waals surface area contributed by atoms with Crippen molar-refractivity contribution in [2.45, 2.75) is 6.54 Å². The Labute approximate surface area is 151 Å². The summed E-state index contributed by atoms with van der Waals surface area (Å²) in [6.45, 7) is 0.171. The van der Waals surface area contributed by atoms with Crippen LogP contribution in [0.1, 0.15) is 15.9 Å². The number of hydrogen-bond acceptors (Lipinski definition) is 4. The van der Waals surface area contributed by atoms with Crippen molar-refractivity contribution in [3.63, 3.8) is 0 Å². The molecule has 2 aromatic rings. The number of nitrogens with two attached hydrogens (primary N) is 1. The second kappa shape index (κ2) is 8.03. The summed E-state index contributed by atoms with van der Waals surface area (Å²) in [5.74, 6) is -1.12. The van der Waals surface area contributed by atoms with Crippen LogP contribution in [-0.4, -0.2) is 23.6 Å². The van der Waals surface area contributed by atoms with E-state index in [-0.39, 0.29) is 17.2 Å². The zero-order valence-electron chi connectivity index (χ0n) is 12.4. The molecule has 0 fully saturated rings. The number of primary amides is 1. The van der Waals surface area contributed by atoms with Crippen molar-refractivity contribution in [1.82, 2.24) is 0 Å². The minimum Gasteiger partial charge on any atom is -0.483 e. The van der Waals surface area contributed by atoms with Gasteiger partial charge in [-0.3, -0.25) is 4.79 Å². The Morgan fingerprint density at radius 3 is 2.62 bits per heavy atom. The number of amides is 1. The molecule has 0 spiro atoms. The second-order valence-electron chi connectivity index (χ2n) is 4.86. The zero-order valence-corrected chi connectivity index (χ0v) is 14.7. The third-order valence-corrected chi connectivity index (χ3v) is 3.88. The Balaban J connectivity index is 2.13. The average molecular weight is 414 g/mol. The van der Waals surface area contributed by atoms with Gasteiger partial charge in [-0.2, -0.15) is 0 Å². The van der Waals surface area contributed by atoms with Gasteiger partial charge in [-0.1, -0.05) is 27.5 Å². The first kappa shape index (κ1) is 18.1. The number of benzene rings is 2. The molecule has 0 aliphatic carbocycles. The Hall–Kier alpha value is -2.25. The number of carbonyl (C=O) groups excluding carboxylic acids is 1. The molecule has 2 aromatic carbocycles. The lowest BCUT2D eigenvalue weighted by atomic mass is 10.1. The van der Waals surface area contributed by atoms with Crippen molar-refractivity contribution >= 4 is 45.1 Å². The van der Waals surface area contributed by atoms with Gasteiger partial charge in [0.1, 0.15) is 5.75 Å². The van der Waals surface area contributed by atoms with E-state index in [4.69, 9.17) is 27.2 Å². The zero-order chi connectivity index (χ0) is 17.7. The van der Waals surface area contributed by atoms with Crippen LogP contribution in [0.5, 0.6) is 5.75 Å². The highest BCUT2D eigenvalue weighted by Crippen LogP contribution is 2.26. The standard InChI is InChI=1S/C16H14BrClN2O4/c17-10-1-4-14(24-8-15(19)21)9(5-10)7-20-11-2-3-12(16(22)23)13(18)6-11/h1-6,20H,7-8H2,(H2,19,21)(H,22,23). The molecule has 6 nitrogen and oxygen atoms in total. The van der Waals surface area contributed by atoms with E-state index in [1.54, 1.807) is 18.2 Å². The monoisotopic (exact) mass is 412 g/mol. The summed E-state index contributed by atoms with van der Waals surface area (Å²) in [7, 11) is 0. The summed E-state index contributed by atoms with van der Waals surface area (Å²) in [6.07, 6.45) is 0. The number of halogens is 2. The predicted molar refractivity (Wildman–Crippen MR) is 94.6 cm³/mol. The molecule has 0 radical (unpaired) electrons. The number of rotatable bonds is 7. The molecule has 0 heterocycles. The highest BCUT2D eigenvalue weighted by Gasteiger charge is 2.10. The van der Waals surface area contributed by atoms with Crippen molar-refractivity contribution in [2.24, 2.45) is 5.73 Å². The summed E-state index contributed by atoms with van der Waals surface area (Å²) >= 11 is 9.32. The maximum atomic E-state index is 11.0. The van der Waals surface area contributed by atoms with E-state index >= 15 is 0 Å². The van der Waals surface area contributed by atoms with Gasteiger partial charge in [0.2, 0.25) is 0 Å². The lowest BCUT2D eigenvalue weighted by molar-refractivity contribution is -0.119. The molecular weight excluding hydrogens is 400 g/mol. The summed E-state index contributed by atoms with van der Waals surface area (Å²) in [5, 5.41) is 12.2. The van der Waals surface area contributed by atoms with E-state index in [0.29, 0.717) is 18.0 Å². The molecular formula is C16H14BrClN2O4. The maximum absolute atomic E-state index is 11.0. The molecule has 24 heavy (non-hydrogen) atoms. The van der Waals surface area contributed by atoms with Crippen LogP contribution in [-0.2, 0) is 11.3 Å². The van der Waals surface area contributed by atoms with Crippen molar-refractivity contribution in [1.29, 1.82) is 0 Å². The van der Waals surface area contributed by atoms with E-state index in [1.807, 2.05) is 6.07 Å². The largest absolute Gasteiger partial charge is 0.483 e. The first-order valence-electron chi connectivity index (χ1n) is 6.83. The Morgan fingerprint density at radius 1 is 1.25 bits per heavy atom. The first-order chi connectivity index (χ1) is 11.4. The fourth-order valence-corrected chi connectivity index (χ4v) is 2.64. The number of anilines is 1. The molecule has 0 bridgehead atoms. The van der Waals surface area contributed by atoms with Crippen molar-refractivity contribution in [3.8, 4) is 5.75 Å². The van der Waals surface area contributed by atoms with Gasteiger partial charge in [-0.15, -0.1) is 0 Å². The molecule has 0 aliphatic rings. The van der Waals surface area contributed by atoms with E-state index in [1.165, 1.54) is 12.1 Å². The van der Waals surface area contributed by atoms with Crippen LogP contribution in [0.3, 0.4) is 0 Å². The maximum Gasteiger partial charge on any atom is 0.337 e. The molecule has 126 valence electrons. The molecule has 0 aliphatic heterocycles. The van der Waals surface area contributed by atoms with Gasteiger partial charge in [-0.25, -0.2) is 4.79 Å². The molecule has 8 heteroatoms. The molecule has 4 N–H and O–H groups in total. The number of carbonyl (C=O) groups is 2. The van der Waals surface area contributed by atoms with Gasteiger partial charge in [-0.05, 0) is 36.4 Å². The third kappa shape index (κ3) is 4.87. The normalized spacial score (nSPS) is 10.2. The molecule has 0 saturated carbocycles. The van der Waals surface area contributed by atoms with E-state index in [0.717, 1.165) is 10.0 Å². The highest BCUT2D eigenvalue weighted by molar-refractivity contribution is 9.10. The topological polar surface area (TPSA) is 102 Å². The lowest BCUT2D eigenvalue weighted by Crippen LogP contribution is -2.20. The van der Waals surface area contributed by atoms with Gasteiger partial charge in [0.15, 0.2) is 6.61 Å². The quantitative estimate of drug-likeness (QED) is 0.646. The van der Waals surface area contributed by atoms with Crippen molar-refractivity contribution in [2.75, 3.05) is 11.9 Å². The number of nitrogens with one attached hydrogen (secondary N) is 1. The van der Waals surface area contributed by atoms with Crippen LogP contribution in [0.2, 0.25) is 5.02 Å². The molecule has 0 atom stereocenters. The first-order valence-corrected chi connectivity index (χ1v) is 8.00. The minimum absolute atomic E-state index is 0.0372. The number of ether oxygens (including phenoxy) is 1. The summed E-state index contributed by atoms with van der Waals surface area (Å²) in [4.78, 5) is 21.8. The smallest absolute Gasteiger partial charge is 0.337 e. The number of aromatic carboxylic acids is 1. The lowest BCUT2D eigenvalue weighted by Gasteiger charge is -2.13. The number of hydrogen-bond donors (Lipinski definition) is 3. The summed E-state index contributed by atoms with van der Waals surface area (Å²) in [6, 6.07) is 9.95. The van der Waals surface area contributed by atoms with Crippen LogP contribution < -0.4 is 15.8 Å². The number of carboxylic acid groups (broad SMARTS) is 1. The van der Waals surface area contributed by atoms with E-state index in [2.05, 4.69) is 21.2 Å². The van der Waals surface area contributed by atoms with Crippen LogP contribution >= 0.6 is 27.5 Å². The van der Waals surface area contributed by atoms with Crippen molar-refractivity contribution in [3.05, 3.63) is 57.0 Å². The van der Waals surface area contributed by atoms with Crippen molar-refractivity contribution < 1.29 is 19.4 Å². The molecule has 0 saturated heterocycles. The summed E-state index contributed by atoms with van der Waals surface area (Å²) < 4.78 is 6.23. The van der Waals surface area contributed by atoms with Gasteiger partial charge in [0, 0.05) is 22.3 Å². The molecule has 0 unspecified atom stereocenters. The van der Waals surface area contributed by atoms with Gasteiger partial charge >= 0.3 is 5.97 Å².